The van der Waals surface area contributed by atoms with Crippen molar-refractivity contribution in [2.45, 2.75) is 20.3 Å². The van der Waals surface area contributed by atoms with Crippen LogP contribution < -0.4 is 9.47 Å². The fraction of sp³-hybridized carbons (Fsp3) is 0.444. The minimum absolute atomic E-state index is 0.278. The van der Waals surface area contributed by atoms with E-state index in [0.29, 0.717) is 59.8 Å². The highest BCUT2D eigenvalue weighted by Gasteiger charge is 2.34. The Morgan fingerprint density at radius 3 is 2.58 bits per heavy atom. The molecule has 0 aromatic heterocycles. The molecule has 6 nitrogen and oxygen atoms in total. The number of hydrogen-bond acceptors (Lipinski definition) is 6. The first kappa shape index (κ1) is 20.6. The number of ether oxygens (including phenoxy) is 3. The van der Waals surface area contributed by atoms with E-state index in [1.165, 1.54) is 4.90 Å². The van der Waals surface area contributed by atoms with Gasteiger partial charge in [0.2, 0.25) is 0 Å². The van der Waals surface area contributed by atoms with Gasteiger partial charge in [0.25, 0.3) is 11.1 Å². The number of benzene rings is 1. The third-order valence-electron chi connectivity index (χ3n) is 3.52. The topological polar surface area (TPSA) is 65.1 Å². The first-order valence-electron chi connectivity index (χ1n) is 8.35. The second kappa shape index (κ2) is 9.85. The van der Waals surface area contributed by atoms with Gasteiger partial charge in [-0.05, 0) is 55.8 Å². The van der Waals surface area contributed by atoms with Gasteiger partial charge in [0, 0.05) is 20.3 Å². The van der Waals surface area contributed by atoms with Crippen molar-refractivity contribution in [3.63, 3.8) is 0 Å². The van der Waals surface area contributed by atoms with Gasteiger partial charge in [-0.25, -0.2) is 0 Å². The predicted molar refractivity (Wildman–Crippen MR) is 103 cm³/mol. The van der Waals surface area contributed by atoms with Crippen LogP contribution in [0.3, 0.4) is 0 Å². The second-order valence-corrected chi connectivity index (χ2v) is 6.78. The highest BCUT2D eigenvalue weighted by atomic mass is 35.5. The summed E-state index contributed by atoms with van der Waals surface area (Å²) in [7, 11) is 1.58. The fourth-order valence-electron chi connectivity index (χ4n) is 2.43. The lowest BCUT2D eigenvalue weighted by atomic mass is 10.1. The van der Waals surface area contributed by atoms with Crippen molar-refractivity contribution in [3.05, 3.63) is 27.6 Å². The van der Waals surface area contributed by atoms with Crippen LogP contribution in [0.4, 0.5) is 4.79 Å². The molecule has 0 N–H and O–H groups in total. The zero-order chi connectivity index (χ0) is 19.1. The van der Waals surface area contributed by atoms with Crippen molar-refractivity contribution in [2.75, 3.05) is 33.5 Å². The lowest BCUT2D eigenvalue weighted by molar-refractivity contribution is -0.122. The number of carbonyl (C=O) groups is 2. The fourth-order valence-corrected chi connectivity index (χ4v) is 3.57. The summed E-state index contributed by atoms with van der Waals surface area (Å²) < 4.78 is 16.1. The Morgan fingerprint density at radius 1 is 1.19 bits per heavy atom. The van der Waals surface area contributed by atoms with E-state index < -0.39 is 0 Å². The molecule has 26 heavy (non-hydrogen) atoms. The highest BCUT2D eigenvalue weighted by molar-refractivity contribution is 8.18. The van der Waals surface area contributed by atoms with Crippen LogP contribution in [0.15, 0.2) is 17.0 Å². The molecular formula is C18H22ClNO5S. The smallest absolute Gasteiger partial charge is 0.293 e. The molecule has 1 fully saturated rings. The molecule has 0 aliphatic carbocycles. The first-order valence-corrected chi connectivity index (χ1v) is 9.54. The molecule has 142 valence electrons. The number of thioether (sulfide) groups is 1. The normalized spacial score (nSPS) is 15.8. The summed E-state index contributed by atoms with van der Waals surface area (Å²) in [5.41, 5.74) is 0.671. The SMILES string of the molecule is CCOc1cc(/C=C2/SC(=O)N(CCCOC)C2=O)cc(Cl)c1OCC. The molecule has 2 amide bonds. The minimum Gasteiger partial charge on any atom is -0.490 e. The Kier molecular flexibility index (Phi) is 7.81. The molecule has 1 aromatic rings. The maximum absolute atomic E-state index is 12.5. The van der Waals surface area contributed by atoms with Gasteiger partial charge in [-0.1, -0.05) is 11.6 Å². The molecule has 8 heteroatoms. The van der Waals surface area contributed by atoms with Gasteiger partial charge in [-0.3, -0.25) is 14.5 Å². The molecule has 0 radical (unpaired) electrons. The number of halogens is 1. The van der Waals surface area contributed by atoms with Gasteiger partial charge in [0.05, 0.1) is 23.1 Å². The summed E-state index contributed by atoms with van der Waals surface area (Å²) in [6.07, 6.45) is 2.25. The van der Waals surface area contributed by atoms with E-state index in [1.54, 1.807) is 25.3 Å². The molecule has 1 aliphatic heterocycles. The number of methoxy groups -OCH3 is 1. The van der Waals surface area contributed by atoms with E-state index in [0.717, 1.165) is 11.8 Å². The Labute approximate surface area is 162 Å². The molecule has 0 unspecified atom stereocenters. The van der Waals surface area contributed by atoms with E-state index in [2.05, 4.69) is 0 Å². The van der Waals surface area contributed by atoms with Crippen molar-refractivity contribution < 1.29 is 23.8 Å². The van der Waals surface area contributed by atoms with Gasteiger partial charge in [0.15, 0.2) is 11.5 Å². The summed E-state index contributed by atoms with van der Waals surface area (Å²) in [5, 5.41) is 0.114. The maximum atomic E-state index is 12.5. The van der Waals surface area contributed by atoms with Crippen molar-refractivity contribution in [1.29, 1.82) is 0 Å². The van der Waals surface area contributed by atoms with Crippen LogP contribution in [0.25, 0.3) is 6.08 Å². The second-order valence-electron chi connectivity index (χ2n) is 5.38. The Hall–Kier alpha value is -1.70. The number of amides is 2. The van der Waals surface area contributed by atoms with Crippen LogP contribution in [0, 0.1) is 0 Å². The van der Waals surface area contributed by atoms with Crippen LogP contribution in [0.5, 0.6) is 11.5 Å². The Balaban J connectivity index is 2.26. The summed E-state index contributed by atoms with van der Waals surface area (Å²) in [4.78, 5) is 26.1. The third kappa shape index (κ3) is 4.93. The van der Waals surface area contributed by atoms with E-state index in [4.69, 9.17) is 25.8 Å². The lowest BCUT2D eigenvalue weighted by Gasteiger charge is -2.13. The van der Waals surface area contributed by atoms with Gasteiger partial charge < -0.3 is 14.2 Å². The van der Waals surface area contributed by atoms with Crippen molar-refractivity contribution in [1.82, 2.24) is 4.90 Å². The molecule has 1 heterocycles. The van der Waals surface area contributed by atoms with Gasteiger partial charge >= 0.3 is 0 Å². The molecule has 1 saturated heterocycles. The van der Waals surface area contributed by atoms with E-state index >= 15 is 0 Å². The Morgan fingerprint density at radius 2 is 1.92 bits per heavy atom. The maximum Gasteiger partial charge on any atom is 0.293 e. The van der Waals surface area contributed by atoms with Crippen molar-refractivity contribution in [2.24, 2.45) is 0 Å². The lowest BCUT2D eigenvalue weighted by Crippen LogP contribution is -2.29. The number of hydrogen-bond donors (Lipinski definition) is 0. The average Bonchev–Trinajstić information content (AvgIpc) is 2.86. The summed E-state index contributed by atoms with van der Waals surface area (Å²) in [5.74, 6) is 0.673. The monoisotopic (exact) mass is 399 g/mol. The zero-order valence-corrected chi connectivity index (χ0v) is 16.6. The van der Waals surface area contributed by atoms with Crippen LogP contribution in [-0.2, 0) is 9.53 Å². The zero-order valence-electron chi connectivity index (χ0n) is 15.0. The van der Waals surface area contributed by atoms with Crippen molar-refractivity contribution >= 4 is 40.6 Å². The van der Waals surface area contributed by atoms with E-state index in [1.807, 2.05) is 13.8 Å². The van der Waals surface area contributed by atoms with Crippen LogP contribution >= 0.6 is 23.4 Å². The van der Waals surface area contributed by atoms with Crippen LogP contribution in [-0.4, -0.2) is 49.5 Å². The summed E-state index contributed by atoms with van der Waals surface area (Å²) in [6.45, 7) is 5.47. The first-order chi connectivity index (χ1) is 12.5. The van der Waals surface area contributed by atoms with Crippen molar-refractivity contribution in [3.8, 4) is 11.5 Å². The standard InChI is InChI=1S/C18H22ClNO5S/c1-4-24-14-10-12(9-13(19)16(14)25-5-2)11-15-17(21)20(18(22)26-15)7-6-8-23-3/h9-11H,4-8H2,1-3H3/b15-11+. The quantitative estimate of drug-likeness (QED) is 0.457. The summed E-state index contributed by atoms with van der Waals surface area (Å²) >= 11 is 7.21. The molecule has 0 atom stereocenters. The molecule has 0 saturated carbocycles. The Bertz CT molecular complexity index is 707. The van der Waals surface area contributed by atoms with Crippen LogP contribution in [0.2, 0.25) is 5.02 Å². The molecule has 0 spiro atoms. The largest absolute Gasteiger partial charge is 0.490 e. The van der Waals surface area contributed by atoms with E-state index in [-0.39, 0.29) is 11.1 Å². The number of rotatable bonds is 9. The average molecular weight is 400 g/mol. The van der Waals surface area contributed by atoms with E-state index in [9.17, 15) is 9.59 Å². The number of nitrogens with zero attached hydrogens (tertiary/aromatic N) is 1. The summed E-state index contributed by atoms with van der Waals surface area (Å²) in [6, 6.07) is 3.44. The predicted octanol–water partition coefficient (Wildman–Crippen LogP) is 4.21. The molecule has 1 aliphatic rings. The highest BCUT2D eigenvalue weighted by Crippen LogP contribution is 2.39. The van der Waals surface area contributed by atoms with Gasteiger partial charge in [0.1, 0.15) is 0 Å². The molecule has 1 aromatic carbocycles. The van der Waals surface area contributed by atoms with Gasteiger partial charge in [-0.2, -0.15) is 0 Å². The van der Waals surface area contributed by atoms with Gasteiger partial charge in [-0.15, -0.1) is 0 Å². The van der Waals surface area contributed by atoms with Crippen LogP contribution in [0.1, 0.15) is 25.8 Å². The minimum atomic E-state index is -0.306. The molecular weight excluding hydrogens is 378 g/mol. The number of imide groups is 1. The molecule has 2 rings (SSSR count). The third-order valence-corrected chi connectivity index (χ3v) is 4.71. The number of carbonyl (C=O) groups excluding carboxylic acids is 2. The molecule has 0 bridgehead atoms.